The molecular formula is C18H19NO2. The molecule has 0 radical (unpaired) electrons. The number of hydrogen-bond donors (Lipinski definition) is 1. The molecule has 1 heterocycles. The number of furan rings is 1. The van der Waals surface area contributed by atoms with Crippen LogP contribution in [-0.2, 0) is 13.2 Å². The second kappa shape index (κ2) is 6.46. The molecule has 0 spiro atoms. The SMILES string of the molecule is CCNCc1ccoc1COc1cccc2ccccc12. The molecule has 0 aliphatic heterocycles. The summed E-state index contributed by atoms with van der Waals surface area (Å²) in [4.78, 5) is 0. The fourth-order valence-corrected chi connectivity index (χ4v) is 2.38. The van der Waals surface area contributed by atoms with Gasteiger partial charge in [0.05, 0.1) is 6.26 Å². The van der Waals surface area contributed by atoms with Crippen LogP contribution in [0.3, 0.4) is 0 Å². The first-order valence-corrected chi connectivity index (χ1v) is 7.25. The zero-order chi connectivity index (χ0) is 14.5. The lowest BCUT2D eigenvalue weighted by Gasteiger charge is -2.09. The fraction of sp³-hybridized carbons (Fsp3) is 0.222. The first-order chi connectivity index (χ1) is 10.4. The van der Waals surface area contributed by atoms with E-state index in [0.717, 1.165) is 35.5 Å². The molecule has 3 rings (SSSR count). The Kier molecular flexibility index (Phi) is 4.22. The van der Waals surface area contributed by atoms with Crippen LogP contribution in [-0.4, -0.2) is 6.54 Å². The van der Waals surface area contributed by atoms with Crippen molar-refractivity contribution in [3.63, 3.8) is 0 Å². The minimum Gasteiger partial charge on any atom is -0.485 e. The molecule has 0 fully saturated rings. The lowest BCUT2D eigenvalue weighted by molar-refractivity contribution is 0.271. The molecule has 3 heteroatoms. The van der Waals surface area contributed by atoms with Gasteiger partial charge in [0.25, 0.3) is 0 Å². The highest BCUT2D eigenvalue weighted by atomic mass is 16.5. The zero-order valence-electron chi connectivity index (χ0n) is 12.1. The van der Waals surface area contributed by atoms with E-state index in [1.807, 2.05) is 30.3 Å². The fourth-order valence-electron chi connectivity index (χ4n) is 2.38. The Labute approximate surface area is 124 Å². The maximum Gasteiger partial charge on any atom is 0.146 e. The predicted molar refractivity (Wildman–Crippen MR) is 84.4 cm³/mol. The number of ether oxygens (including phenoxy) is 1. The number of nitrogens with one attached hydrogen (secondary N) is 1. The summed E-state index contributed by atoms with van der Waals surface area (Å²) >= 11 is 0. The van der Waals surface area contributed by atoms with Crippen molar-refractivity contribution in [1.29, 1.82) is 0 Å². The van der Waals surface area contributed by atoms with Gasteiger partial charge in [-0.15, -0.1) is 0 Å². The van der Waals surface area contributed by atoms with Gasteiger partial charge in [-0.1, -0.05) is 43.3 Å². The first kappa shape index (κ1) is 13.7. The normalized spacial score (nSPS) is 10.9. The van der Waals surface area contributed by atoms with E-state index in [1.165, 1.54) is 5.39 Å². The molecular weight excluding hydrogens is 262 g/mol. The Morgan fingerprint density at radius 3 is 2.81 bits per heavy atom. The van der Waals surface area contributed by atoms with Gasteiger partial charge in [-0.3, -0.25) is 0 Å². The van der Waals surface area contributed by atoms with Crippen LogP contribution in [0.5, 0.6) is 5.75 Å². The first-order valence-electron chi connectivity index (χ1n) is 7.25. The van der Waals surface area contributed by atoms with Gasteiger partial charge in [0.15, 0.2) is 0 Å². The lowest BCUT2D eigenvalue weighted by Crippen LogP contribution is -2.12. The Balaban J connectivity index is 1.76. The molecule has 0 saturated heterocycles. The molecule has 0 saturated carbocycles. The van der Waals surface area contributed by atoms with Crippen LogP contribution >= 0.6 is 0 Å². The molecule has 1 aromatic heterocycles. The largest absolute Gasteiger partial charge is 0.485 e. The van der Waals surface area contributed by atoms with Gasteiger partial charge < -0.3 is 14.5 Å². The topological polar surface area (TPSA) is 34.4 Å². The number of benzene rings is 2. The van der Waals surface area contributed by atoms with Crippen LogP contribution in [0.4, 0.5) is 0 Å². The smallest absolute Gasteiger partial charge is 0.146 e. The van der Waals surface area contributed by atoms with Crippen molar-refractivity contribution in [2.24, 2.45) is 0 Å². The van der Waals surface area contributed by atoms with E-state index in [0.29, 0.717) is 6.61 Å². The zero-order valence-corrected chi connectivity index (χ0v) is 12.1. The van der Waals surface area contributed by atoms with Crippen LogP contribution in [0, 0.1) is 0 Å². The number of hydrogen-bond acceptors (Lipinski definition) is 3. The van der Waals surface area contributed by atoms with E-state index in [2.05, 4.69) is 30.4 Å². The second-order valence-corrected chi connectivity index (χ2v) is 4.92. The van der Waals surface area contributed by atoms with E-state index < -0.39 is 0 Å². The Bertz CT molecular complexity index is 713. The molecule has 2 aromatic carbocycles. The Morgan fingerprint density at radius 1 is 1.05 bits per heavy atom. The molecule has 0 aliphatic rings. The van der Waals surface area contributed by atoms with Crippen molar-refractivity contribution in [3.05, 3.63) is 66.1 Å². The van der Waals surface area contributed by atoms with E-state index in [4.69, 9.17) is 9.15 Å². The van der Waals surface area contributed by atoms with E-state index >= 15 is 0 Å². The van der Waals surface area contributed by atoms with Crippen LogP contribution < -0.4 is 10.1 Å². The lowest BCUT2D eigenvalue weighted by atomic mass is 10.1. The molecule has 0 unspecified atom stereocenters. The molecule has 21 heavy (non-hydrogen) atoms. The quantitative estimate of drug-likeness (QED) is 0.738. The van der Waals surface area contributed by atoms with Crippen LogP contribution in [0.1, 0.15) is 18.2 Å². The summed E-state index contributed by atoms with van der Waals surface area (Å²) in [5.74, 6) is 1.77. The van der Waals surface area contributed by atoms with Gasteiger partial charge >= 0.3 is 0 Å². The summed E-state index contributed by atoms with van der Waals surface area (Å²) in [6.45, 7) is 4.28. The van der Waals surface area contributed by atoms with Crippen LogP contribution in [0.2, 0.25) is 0 Å². The molecule has 0 atom stereocenters. The molecule has 0 amide bonds. The van der Waals surface area contributed by atoms with E-state index in [1.54, 1.807) is 6.26 Å². The van der Waals surface area contributed by atoms with E-state index in [9.17, 15) is 0 Å². The maximum absolute atomic E-state index is 5.96. The third-order valence-corrected chi connectivity index (χ3v) is 3.51. The minimum absolute atomic E-state index is 0.446. The van der Waals surface area contributed by atoms with Gasteiger partial charge in [-0.2, -0.15) is 0 Å². The van der Waals surface area contributed by atoms with Crippen LogP contribution in [0.25, 0.3) is 10.8 Å². The summed E-state index contributed by atoms with van der Waals surface area (Å²) in [6, 6.07) is 16.3. The molecule has 0 bridgehead atoms. The molecule has 3 nitrogen and oxygen atoms in total. The molecule has 1 N–H and O–H groups in total. The summed E-state index contributed by atoms with van der Waals surface area (Å²) in [5, 5.41) is 5.61. The summed E-state index contributed by atoms with van der Waals surface area (Å²) in [6.07, 6.45) is 1.72. The van der Waals surface area contributed by atoms with Gasteiger partial charge in [0.1, 0.15) is 18.1 Å². The minimum atomic E-state index is 0.446. The predicted octanol–water partition coefficient (Wildman–Crippen LogP) is 4.12. The summed E-state index contributed by atoms with van der Waals surface area (Å²) < 4.78 is 11.5. The monoisotopic (exact) mass is 281 g/mol. The molecule has 0 aliphatic carbocycles. The maximum atomic E-state index is 5.96. The average molecular weight is 281 g/mol. The Morgan fingerprint density at radius 2 is 1.90 bits per heavy atom. The summed E-state index contributed by atoms with van der Waals surface area (Å²) in [7, 11) is 0. The average Bonchev–Trinajstić information content (AvgIpc) is 2.98. The molecule has 108 valence electrons. The molecule has 3 aromatic rings. The van der Waals surface area contributed by atoms with Crippen molar-refractivity contribution in [2.45, 2.75) is 20.1 Å². The van der Waals surface area contributed by atoms with Crippen molar-refractivity contribution in [3.8, 4) is 5.75 Å². The van der Waals surface area contributed by atoms with Gasteiger partial charge in [-0.25, -0.2) is 0 Å². The van der Waals surface area contributed by atoms with Crippen molar-refractivity contribution in [1.82, 2.24) is 5.32 Å². The van der Waals surface area contributed by atoms with Crippen molar-refractivity contribution >= 4 is 10.8 Å². The van der Waals surface area contributed by atoms with Gasteiger partial charge in [0, 0.05) is 17.5 Å². The van der Waals surface area contributed by atoms with Crippen molar-refractivity contribution < 1.29 is 9.15 Å². The number of rotatable bonds is 6. The standard InChI is InChI=1S/C18H19NO2/c1-2-19-12-15-10-11-20-18(15)13-21-17-9-5-7-14-6-3-4-8-16(14)17/h3-11,19H,2,12-13H2,1H3. The number of fused-ring (bicyclic) bond motifs is 1. The second-order valence-electron chi connectivity index (χ2n) is 4.92. The Hall–Kier alpha value is -2.26. The highest BCUT2D eigenvalue weighted by Gasteiger charge is 2.08. The highest BCUT2D eigenvalue weighted by molar-refractivity contribution is 5.88. The third-order valence-electron chi connectivity index (χ3n) is 3.51. The van der Waals surface area contributed by atoms with E-state index in [-0.39, 0.29) is 0 Å². The summed E-state index contributed by atoms with van der Waals surface area (Å²) in [5.41, 5.74) is 1.15. The van der Waals surface area contributed by atoms with Crippen LogP contribution in [0.15, 0.2) is 59.2 Å². The highest BCUT2D eigenvalue weighted by Crippen LogP contribution is 2.26. The van der Waals surface area contributed by atoms with Gasteiger partial charge in [0.2, 0.25) is 0 Å². The van der Waals surface area contributed by atoms with Crippen molar-refractivity contribution in [2.75, 3.05) is 6.54 Å². The van der Waals surface area contributed by atoms with Gasteiger partial charge in [-0.05, 0) is 24.1 Å². The third kappa shape index (κ3) is 3.09.